The fourth-order valence-electron chi connectivity index (χ4n) is 3.46. The van der Waals surface area contributed by atoms with Crippen molar-refractivity contribution in [3.05, 3.63) is 0 Å². The molecule has 1 aliphatic heterocycles. The molecule has 2 fully saturated rings. The number of amides is 2. The Labute approximate surface area is 144 Å². The highest BCUT2D eigenvalue weighted by Gasteiger charge is 2.30. The van der Waals surface area contributed by atoms with Gasteiger partial charge in [-0.3, -0.25) is 4.90 Å². The maximum atomic E-state index is 11.8. The van der Waals surface area contributed by atoms with Gasteiger partial charge in [-0.05, 0) is 46.5 Å². The third kappa shape index (κ3) is 5.54. The Balaban J connectivity index is 1.70. The molecule has 0 radical (unpaired) electrons. The number of nitrogens with one attached hydrogen (secondary N) is 1. The van der Waals surface area contributed by atoms with Crippen molar-refractivity contribution >= 4 is 12.2 Å². The molecule has 0 aromatic rings. The molecular weight excluding hydrogens is 310 g/mol. The number of nitrogens with zero attached hydrogens (tertiary/aromatic N) is 2. The summed E-state index contributed by atoms with van der Waals surface area (Å²) < 4.78 is 10.1. The summed E-state index contributed by atoms with van der Waals surface area (Å²) in [5.41, 5.74) is -0.458. The van der Waals surface area contributed by atoms with E-state index in [1.165, 1.54) is 7.11 Å². The van der Waals surface area contributed by atoms with Crippen LogP contribution in [0.3, 0.4) is 0 Å². The molecule has 138 valence electrons. The molecule has 1 heterocycles. The third-order valence-electron chi connectivity index (χ3n) is 4.68. The lowest BCUT2D eigenvalue weighted by Gasteiger charge is -2.41. The molecule has 0 spiro atoms. The number of alkyl carbamates (subject to hydrolysis) is 1. The van der Waals surface area contributed by atoms with E-state index in [4.69, 9.17) is 9.47 Å². The molecule has 1 N–H and O–H groups in total. The van der Waals surface area contributed by atoms with Gasteiger partial charge in [0.15, 0.2) is 0 Å². The van der Waals surface area contributed by atoms with Crippen LogP contribution in [-0.2, 0) is 9.47 Å². The van der Waals surface area contributed by atoms with Crippen LogP contribution < -0.4 is 5.32 Å². The summed E-state index contributed by atoms with van der Waals surface area (Å²) in [6.07, 6.45) is 3.53. The van der Waals surface area contributed by atoms with E-state index in [2.05, 4.69) is 10.2 Å². The Morgan fingerprint density at radius 2 is 1.58 bits per heavy atom. The largest absolute Gasteiger partial charge is 0.453 e. The smallest absolute Gasteiger partial charge is 0.409 e. The van der Waals surface area contributed by atoms with E-state index in [1.54, 1.807) is 4.90 Å². The topological polar surface area (TPSA) is 71.1 Å². The van der Waals surface area contributed by atoms with Gasteiger partial charge in [0.2, 0.25) is 0 Å². The molecule has 0 aromatic carbocycles. The summed E-state index contributed by atoms with van der Waals surface area (Å²) in [6, 6.07) is 0.744. The van der Waals surface area contributed by atoms with E-state index in [9.17, 15) is 9.59 Å². The van der Waals surface area contributed by atoms with Crippen molar-refractivity contribution in [3.63, 3.8) is 0 Å². The lowest BCUT2D eigenvalue weighted by Crippen LogP contribution is -2.53. The standard InChI is InChI=1S/C17H31N3O4/c1-17(2,3)24-15(21)18-13-5-7-14(8-6-13)19-9-11-20(12-10-19)16(22)23-4/h13-14H,5-12H2,1-4H3,(H,18,21). The number of carbonyl (C=O) groups is 2. The van der Waals surface area contributed by atoms with E-state index in [-0.39, 0.29) is 18.2 Å². The Kier molecular flexibility index (Phi) is 6.32. The molecular formula is C17H31N3O4. The summed E-state index contributed by atoms with van der Waals surface area (Å²) in [7, 11) is 1.42. The van der Waals surface area contributed by atoms with Crippen LogP contribution in [0.5, 0.6) is 0 Å². The Bertz CT molecular complexity index is 434. The van der Waals surface area contributed by atoms with Gasteiger partial charge < -0.3 is 19.7 Å². The lowest BCUT2D eigenvalue weighted by molar-refractivity contribution is 0.0447. The van der Waals surface area contributed by atoms with Crippen LogP contribution in [0, 0.1) is 0 Å². The third-order valence-corrected chi connectivity index (χ3v) is 4.68. The van der Waals surface area contributed by atoms with E-state index < -0.39 is 5.60 Å². The van der Waals surface area contributed by atoms with Crippen LogP contribution in [0.25, 0.3) is 0 Å². The van der Waals surface area contributed by atoms with Gasteiger partial charge in [0.05, 0.1) is 7.11 Å². The van der Waals surface area contributed by atoms with Crippen molar-refractivity contribution in [2.75, 3.05) is 33.3 Å². The summed E-state index contributed by atoms with van der Waals surface area (Å²) >= 11 is 0. The summed E-state index contributed by atoms with van der Waals surface area (Å²) in [6.45, 7) is 8.85. The average molecular weight is 341 g/mol. The van der Waals surface area contributed by atoms with E-state index in [0.29, 0.717) is 6.04 Å². The first-order valence-electron chi connectivity index (χ1n) is 8.85. The Morgan fingerprint density at radius 3 is 2.08 bits per heavy atom. The van der Waals surface area contributed by atoms with Crippen LogP contribution in [0.4, 0.5) is 9.59 Å². The minimum absolute atomic E-state index is 0.201. The molecule has 0 unspecified atom stereocenters. The van der Waals surface area contributed by atoms with Crippen LogP contribution in [0.15, 0.2) is 0 Å². The predicted molar refractivity (Wildman–Crippen MR) is 91.0 cm³/mol. The maximum Gasteiger partial charge on any atom is 0.409 e. The molecule has 1 saturated carbocycles. The van der Waals surface area contributed by atoms with E-state index in [1.807, 2.05) is 20.8 Å². The quantitative estimate of drug-likeness (QED) is 0.834. The van der Waals surface area contributed by atoms with Crippen molar-refractivity contribution in [1.29, 1.82) is 0 Å². The van der Waals surface area contributed by atoms with Crippen LogP contribution >= 0.6 is 0 Å². The van der Waals surface area contributed by atoms with Crippen molar-refractivity contribution in [3.8, 4) is 0 Å². The first-order chi connectivity index (χ1) is 11.3. The van der Waals surface area contributed by atoms with E-state index >= 15 is 0 Å². The number of carbonyl (C=O) groups excluding carboxylic acids is 2. The predicted octanol–water partition coefficient (Wildman–Crippen LogP) is 2.21. The Hall–Kier alpha value is -1.50. The first-order valence-corrected chi connectivity index (χ1v) is 8.85. The van der Waals surface area contributed by atoms with Crippen molar-refractivity contribution in [2.45, 2.75) is 64.1 Å². The molecule has 7 nitrogen and oxygen atoms in total. The van der Waals surface area contributed by atoms with Crippen LogP contribution in [0.1, 0.15) is 46.5 Å². The summed E-state index contributed by atoms with van der Waals surface area (Å²) in [5, 5.41) is 2.98. The second-order valence-electron chi connectivity index (χ2n) is 7.64. The number of ether oxygens (including phenoxy) is 2. The zero-order chi connectivity index (χ0) is 17.7. The Morgan fingerprint density at radius 1 is 1.00 bits per heavy atom. The molecule has 0 atom stereocenters. The van der Waals surface area contributed by atoms with Crippen molar-refractivity contribution in [1.82, 2.24) is 15.1 Å². The van der Waals surface area contributed by atoms with Crippen molar-refractivity contribution < 1.29 is 19.1 Å². The lowest BCUT2D eigenvalue weighted by atomic mass is 9.90. The first kappa shape index (κ1) is 18.8. The van der Waals surface area contributed by atoms with Crippen LogP contribution in [0.2, 0.25) is 0 Å². The highest BCUT2D eigenvalue weighted by molar-refractivity contribution is 5.68. The minimum atomic E-state index is -0.458. The fraction of sp³-hybridized carbons (Fsp3) is 0.882. The average Bonchev–Trinajstić information content (AvgIpc) is 2.53. The summed E-state index contributed by atoms with van der Waals surface area (Å²) in [5.74, 6) is 0. The highest BCUT2D eigenvalue weighted by Crippen LogP contribution is 2.24. The van der Waals surface area contributed by atoms with Gasteiger partial charge in [0.1, 0.15) is 5.60 Å². The zero-order valence-corrected chi connectivity index (χ0v) is 15.3. The van der Waals surface area contributed by atoms with Gasteiger partial charge >= 0.3 is 12.2 Å². The van der Waals surface area contributed by atoms with Gasteiger partial charge in [-0.2, -0.15) is 0 Å². The van der Waals surface area contributed by atoms with Gasteiger partial charge in [-0.25, -0.2) is 9.59 Å². The van der Waals surface area contributed by atoms with Gasteiger partial charge in [0.25, 0.3) is 0 Å². The second kappa shape index (κ2) is 8.05. The molecule has 1 saturated heterocycles. The SMILES string of the molecule is COC(=O)N1CCN(C2CCC(NC(=O)OC(C)(C)C)CC2)CC1. The molecule has 0 bridgehead atoms. The number of rotatable bonds is 2. The van der Waals surface area contributed by atoms with E-state index in [0.717, 1.165) is 51.9 Å². The number of hydrogen-bond acceptors (Lipinski definition) is 5. The number of piperazine rings is 1. The number of hydrogen-bond donors (Lipinski definition) is 1. The zero-order valence-electron chi connectivity index (χ0n) is 15.3. The van der Waals surface area contributed by atoms with Gasteiger partial charge in [-0.1, -0.05) is 0 Å². The highest BCUT2D eigenvalue weighted by atomic mass is 16.6. The molecule has 0 aromatic heterocycles. The molecule has 2 amide bonds. The van der Waals surface area contributed by atoms with Gasteiger partial charge in [-0.15, -0.1) is 0 Å². The molecule has 1 aliphatic carbocycles. The molecule has 7 heteroatoms. The molecule has 2 aliphatic rings. The van der Waals surface area contributed by atoms with Crippen molar-refractivity contribution in [2.24, 2.45) is 0 Å². The molecule has 24 heavy (non-hydrogen) atoms. The fourth-order valence-corrected chi connectivity index (χ4v) is 3.46. The van der Waals surface area contributed by atoms with Crippen LogP contribution in [-0.4, -0.2) is 73.0 Å². The second-order valence-corrected chi connectivity index (χ2v) is 7.64. The van der Waals surface area contributed by atoms with Gasteiger partial charge in [0, 0.05) is 38.3 Å². The maximum absolute atomic E-state index is 11.8. The number of methoxy groups -OCH3 is 1. The minimum Gasteiger partial charge on any atom is -0.453 e. The normalized spacial score (nSPS) is 25.9. The summed E-state index contributed by atoms with van der Waals surface area (Å²) in [4.78, 5) is 27.6. The monoisotopic (exact) mass is 341 g/mol. The molecule has 2 rings (SSSR count).